The summed E-state index contributed by atoms with van der Waals surface area (Å²) in [5.41, 5.74) is 0. The highest BCUT2D eigenvalue weighted by Crippen LogP contribution is 2.09. The van der Waals surface area contributed by atoms with Gasteiger partial charge >= 0.3 is 5.97 Å². The van der Waals surface area contributed by atoms with Crippen molar-refractivity contribution in [3.8, 4) is 0 Å². The van der Waals surface area contributed by atoms with Crippen LogP contribution in [0.25, 0.3) is 0 Å². The Balaban J connectivity index is 2.40. The third-order valence-electron chi connectivity index (χ3n) is 2.78. The Hall–Kier alpha value is -1.10. The van der Waals surface area contributed by atoms with Gasteiger partial charge in [0.25, 0.3) is 0 Å². The Kier molecular flexibility index (Phi) is 4.73. The molecule has 1 rings (SSSR count). The Morgan fingerprint density at radius 2 is 2.06 bits per heavy atom. The van der Waals surface area contributed by atoms with Crippen LogP contribution in [0.2, 0.25) is 0 Å². The zero-order valence-corrected chi connectivity index (χ0v) is 10.1. The fraction of sp³-hybridized carbons (Fsp3) is 0.818. The standard InChI is InChI=1S/C11H20N2O3/c1-7(2)10(11(15)16-3)13-9(14)4-8-5-12-6-8/h7-8,10,12H,4-6H2,1-3H3,(H,13,14). The molecule has 0 aliphatic carbocycles. The number of carbonyl (C=O) groups is 2. The second-order valence-electron chi connectivity index (χ2n) is 4.54. The van der Waals surface area contributed by atoms with Crippen molar-refractivity contribution in [1.82, 2.24) is 10.6 Å². The normalized spacial score (nSPS) is 17.8. The summed E-state index contributed by atoms with van der Waals surface area (Å²) in [6.07, 6.45) is 0.479. The minimum absolute atomic E-state index is 0.0379. The molecule has 0 spiro atoms. The molecule has 1 aliphatic heterocycles. The van der Waals surface area contributed by atoms with Gasteiger partial charge in [-0.05, 0) is 24.9 Å². The molecule has 0 aromatic rings. The van der Waals surface area contributed by atoms with Crippen LogP contribution in [-0.2, 0) is 14.3 Å². The summed E-state index contributed by atoms with van der Waals surface area (Å²) < 4.78 is 4.65. The molecule has 16 heavy (non-hydrogen) atoms. The van der Waals surface area contributed by atoms with Gasteiger partial charge in [-0.15, -0.1) is 0 Å². The number of hydrogen-bond acceptors (Lipinski definition) is 4. The maximum atomic E-state index is 11.6. The van der Waals surface area contributed by atoms with Crippen molar-refractivity contribution in [3.05, 3.63) is 0 Å². The van der Waals surface area contributed by atoms with Gasteiger partial charge in [-0.1, -0.05) is 13.8 Å². The van der Waals surface area contributed by atoms with Gasteiger partial charge in [0.2, 0.25) is 5.91 Å². The highest BCUT2D eigenvalue weighted by atomic mass is 16.5. The lowest BCUT2D eigenvalue weighted by molar-refractivity contribution is -0.146. The average Bonchev–Trinajstić information content (AvgIpc) is 2.18. The van der Waals surface area contributed by atoms with Gasteiger partial charge in [-0.25, -0.2) is 4.79 Å². The smallest absolute Gasteiger partial charge is 0.328 e. The first-order valence-electron chi connectivity index (χ1n) is 5.62. The van der Waals surface area contributed by atoms with Crippen molar-refractivity contribution in [3.63, 3.8) is 0 Å². The molecule has 1 unspecified atom stereocenters. The minimum atomic E-state index is -0.537. The van der Waals surface area contributed by atoms with Gasteiger partial charge in [0, 0.05) is 6.42 Å². The molecule has 0 saturated carbocycles. The summed E-state index contributed by atoms with van der Waals surface area (Å²) in [7, 11) is 1.33. The van der Waals surface area contributed by atoms with E-state index in [9.17, 15) is 9.59 Å². The zero-order valence-electron chi connectivity index (χ0n) is 10.1. The van der Waals surface area contributed by atoms with Crippen LogP contribution in [0.5, 0.6) is 0 Å². The highest BCUT2D eigenvalue weighted by Gasteiger charge is 2.27. The molecular formula is C11H20N2O3. The SMILES string of the molecule is COC(=O)C(NC(=O)CC1CNC1)C(C)C. The number of rotatable bonds is 5. The molecule has 1 heterocycles. The third kappa shape index (κ3) is 3.48. The lowest BCUT2D eigenvalue weighted by atomic mass is 9.98. The van der Waals surface area contributed by atoms with E-state index in [0.717, 1.165) is 13.1 Å². The molecule has 5 heteroatoms. The maximum absolute atomic E-state index is 11.6. The van der Waals surface area contributed by atoms with E-state index in [4.69, 9.17) is 0 Å². The number of hydrogen-bond donors (Lipinski definition) is 2. The summed E-state index contributed by atoms with van der Waals surface area (Å²) >= 11 is 0. The van der Waals surface area contributed by atoms with Crippen molar-refractivity contribution in [1.29, 1.82) is 0 Å². The number of methoxy groups -OCH3 is 1. The van der Waals surface area contributed by atoms with Gasteiger partial charge in [-0.2, -0.15) is 0 Å². The van der Waals surface area contributed by atoms with E-state index in [1.807, 2.05) is 13.8 Å². The Labute approximate surface area is 95.9 Å². The second-order valence-corrected chi connectivity index (χ2v) is 4.54. The number of ether oxygens (including phenoxy) is 1. The van der Waals surface area contributed by atoms with Crippen molar-refractivity contribution in [2.24, 2.45) is 11.8 Å². The average molecular weight is 228 g/mol. The first-order chi connectivity index (χ1) is 7.54. The Morgan fingerprint density at radius 3 is 2.44 bits per heavy atom. The third-order valence-corrected chi connectivity index (χ3v) is 2.78. The minimum Gasteiger partial charge on any atom is -0.467 e. The molecule has 2 N–H and O–H groups in total. The topological polar surface area (TPSA) is 67.4 Å². The predicted octanol–water partition coefficient (Wildman–Crippen LogP) is -0.0903. The molecule has 0 aromatic carbocycles. The summed E-state index contributed by atoms with van der Waals surface area (Å²) in [5, 5.41) is 5.83. The molecule has 92 valence electrons. The molecule has 0 bridgehead atoms. The molecule has 5 nitrogen and oxygen atoms in total. The fourth-order valence-corrected chi connectivity index (χ4v) is 1.61. The largest absolute Gasteiger partial charge is 0.467 e. The Morgan fingerprint density at radius 1 is 1.44 bits per heavy atom. The van der Waals surface area contributed by atoms with Gasteiger partial charge in [0.15, 0.2) is 0 Å². The van der Waals surface area contributed by atoms with Crippen molar-refractivity contribution < 1.29 is 14.3 Å². The van der Waals surface area contributed by atoms with Crippen LogP contribution in [-0.4, -0.2) is 38.1 Å². The van der Waals surface area contributed by atoms with E-state index in [2.05, 4.69) is 15.4 Å². The predicted molar refractivity (Wildman–Crippen MR) is 59.8 cm³/mol. The highest BCUT2D eigenvalue weighted by molar-refractivity contribution is 5.84. The molecule has 1 atom stereocenters. The second kappa shape index (κ2) is 5.84. The van der Waals surface area contributed by atoms with Crippen molar-refractivity contribution in [2.45, 2.75) is 26.3 Å². The van der Waals surface area contributed by atoms with E-state index in [1.165, 1.54) is 7.11 Å². The summed E-state index contributed by atoms with van der Waals surface area (Å²) in [6.45, 7) is 5.54. The van der Waals surface area contributed by atoms with Gasteiger partial charge in [-0.3, -0.25) is 4.79 Å². The lowest BCUT2D eigenvalue weighted by Crippen LogP contribution is -2.49. The van der Waals surface area contributed by atoms with Crippen LogP contribution in [0, 0.1) is 11.8 Å². The first-order valence-corrected chi connectivity index (χ1v) is 5.62. The quantitative estimate of drug-likeness (QED) is 0.645. The summed E-state index contributed by atoms with van der Waals surface area (Å²) in [4.78, 5) is 23.0. The van der Waals surface area contributed by atoms with Crippen LogP contribution in [0.4, 0.5) is 0 Å². The van der Waals surface area contributed by atoms with Crippen LogP contribution in [0.3, 0.4) is 0 Å². The van der Waals surface area contributed by atoms with E-state index in [1.54, 1.807) is 0 Å². The van der Waals surface area contributed by atoms with E-state index >= 15 is 0 Å². The fourth-order valence-electron chi connectivity index (χ4n) is 1.61. The van der Waals surface area contributed by atoms with Crippen LogP contribution in [0.1, 0.15) is 20.3 Å². The number of esters is 1. The number of carbonyl (C=O) groups excluding carboxylic acids is 2. The molecule has 1 fully saturated rings. The summed E-state index contributed by atoms with van der Waals surface area (Å²) in [6, 6.07) is -0.537. The van der Waals surface area contributed by atoms with Crippen LogP contribution >= 0.6 is 0 Å². The number of nitrogens with one attached hydrogen (secondary N) is 2. The van der Waals surface area contributed by atoms with E-state index in [0.29, 0.717) is 12.3 Å². The van der Waals surface area contributed by atoms with E-state index in [-0.39, 0.29) is 17.8 Å². The molecule has 0 radical (unpaired) electrons. The lowest BCUT2D eigenvalue weighted by Gasteiger charge is -2.27. The first kappa shape index (κ1) is 13.0. The maximum Gasteiger partial charge on any atom is 0.328 e. The molecule has 0 aromatic heterocycles. The van der Waals surface area contributed by atoms with Crippen LogP contribution in [0.15, 0.2) is 0 Å². The van der Waals surface area contributed by atoms with E-state index < -0.39 is 6.04 Å². The molecule has 1 amide bonds. The Bertz CT molecular complexity index is 262. The number of amides is 1. The summed E-state index contributed by atoms with van der Waals surface area (Å²) in [5.74, 6) is -0.00735. The van der Waals surface area contributed by atoms with Crippen LogP contribution < -0.4 is 10.6 Å². The van der Waals surface area contributed by atoms with Gasteiger partial charge in [0.05, 0.1) is 7.11 Å². The molecule has 1 aliphatic rings. The molecule has 1 saturated heterocycles. The van der Waals surface area contributed by atoms with Crippen molar-refractivity contribution in [2.75, 3.05) is 20.2 Å². The van der Waals surface area contributed by atoms with Gasteiger partial charge in [0.1, 0.15) is 6.04 Å². The van der Waals surface area contributed by atoms with Crippen molar-refractivity contribution >= 4 is 11.9 Å². The monoisotopic (exact) mass is 228 g/mol. The zero-order chi connectivity index (χ0) is 12.1. The van der Waals surface area contributed by atoms with Gasteiger partial charge < -0.3 is 15.4 Å². The molecular weight excluding hydrogens is 208 g/mol.